The molecule has 1 aliphatic heterocycles. The van der Waals surface area contributed by atoms with Crippen molar-refractivity contribution in [2.75, 3.05) is 4.90 Å². The van der Waals surface area contributed by atoms with Crippen molar-refractivity contribution in [3.05, 3.63) is 65.1 Å². The molecule has 3 aromatic rings. The van der Waals surface area contributed by atoms with Gasteiger partial charge in [-0.15, -0.1) is 0 Å². The summed E-state index contributed by atoms with van der Waals surface area (Å²) in [6.45, 7) is 0. The van der Waals surface area contributed by atoms with Crippen LogP contribution in [-0.2, 0) is 0 Å². The molecule has 22 heavy (non-hydrogen) atoms. The van der Waals surface area contributed by atoms with Crippen molar-refractivity contribution in [3.8, 4) is 0 Å². The predicted octanol–water partition coefficient (Wildman–Crippen LogP) is 1.88. The van der Waals surface area contributed by atoms with E-state index in [1.165, 1.54) is 9.02 Å². The molecule has 0 saturated carbocycles. The number of nitrogens with zero attached hydrogens (tertiary/aromatic N) is 1. The quantitative estimate of drug-likeness (QED) is 0.505. The van der Waals surface area contributed by atoms with E-state index in [1.54, 1.807) is 6.07 Å². The van der Waals surface area contributed by atoms with E-state index in [2.05, 4.69) is 46.2 Å². The molecular formula is C17H11NO2Se2. The monoisotopic (exact) mass is 421 g/mol. The molecule has 1 aromatic heterocycles. The fourth-order valence-electron chi connectivity index (χ4n) is 2.60. The first kappa shape index (κ1) is 13.9. The van der Waals surface area contributed by atoms with Crippen molar-refractivity contribution in [2.45, 2.75) is 0 Å². The van der Waals surface area contributed by atoms with Crippen LogP contribution in [0.2, 0.25) is 0 Å². The van der Waals surface area contributed by atoms with Crippen molar-refractivity contribution < 1.29 is 9.90 Å². The van der Waals surface area contributed by atoms with Gasteiger partial charge < -0.3 is 0 Å². The van der Waals surface area contributed by atoms with Gasteiger partial charge in [0.15, 0.2) is 0 Å². The average molecular weight is 419 g/mol. The summed E-state index contributed by atoms with van der Waals surface area (Å²) in [5.74, 6) is -0.865. The molecule has 2 aromatic carbocycles. The first-order valence-electron chi connectivity index (χ1n) is 6.72. The summed E-state index contributed by atoms with van der Waals surface area (Å²) in [5, 5.41) is 9.60. The third-order valence-corrected chi connectivity index (χ3v) is 7.63. The number of para-hydroxylation sites is 2. The normalized spacial score (nSPS) is 12.6. The van der Waals surface area contributed by atoms with Crippen LogP contribution in [0.1, 0.15) is 10.4 Å². The average Bonchev–Trinajstić information content (AvgIpc) is 3.05. The number of hydrogen-bond donors (Lipinski definition) is 1. The number of anilines is 3. The number of carboxylic acid groups (broad SMARTS) is 1. The number of carbonyl (C=O) groups is 1. The van der Waals surface area contributed by atoms with Gasteiger partial charge in [0, 0.05) is 0 Å². The fourth-order valence-corrected chi connectivity index (χ4v) is 6.46. The van der Waals surface area contributed by atoms with Gasteiger partial charge in [0.2, 0.25) is 0 Å². The Hall–Kier alpha value is -1.77. The molecule has 0 unspecified atom stereocenters. The Kier molecular flexibility index (Phi) is 3.44. The third-order valence-electron chi connectivity index (χ3n) is 3.51. The van der Waals surface area contributed by atoms with Gasteiger partial charge >= 0.3 is 140 Å². The van der Waals surface area contributed by atoms with Crippen molar-refractivity contribution in [1.82, 2.24) is 0 Å². The standard InChI is InChI=1S/C17H11NO2Se2/c19-17(20)11-5-3-8-14-16(11)18(15-9-4-10-21-15)12-6-1-2-7-13(12)22-14/h1-10H,(H,19,20). The zero-order chi connectivity index (χ0) is 15.1. The van der Waals surface area contributed by atoms with Crippen molar-refractivity contribution in [3.63, 3.8) is 0 Å². The number of carboxylic acids is 1. The number of hydrogen-bond acceptors (Lipinski definition) is 2. The minimum absolute atomic E-state index is 0.132. The molecule has 0 saturated heterocycles. The van der Waals surface area contributed by atoms with Crippen LogP contribution in [0.15, 0.2) is 59.5 Å². The Bertz CT molecular complexity index is 859. The van der Waals surface area contributed by atoms with E-state index in [-0.39, 0.29) is 29.5 Å². The number of rotatable bonds is 2. The Balaban J connectivity index is 2.03. The maximum absolute atomic E-state index is 11.7. The molecule has 1 aliphatic rings. The zero-order valence-electron chi connectivity index (χ0n) is 11.4. The van der Waals surface area contributed by atoms with E-state index in [0.29, 0.717) is 5.56 Å². The van der Waals surface area contributed by atoms with Crippen LogP contribution in [0.25, 0.3) is 0 Å². The Morgan fingerprint density at radius 1 is 0.955 bits per heavy atom. The molecule has 4 rings (SSSR count). The summed E-state index contributed by atoms with van der Waals surface area (Å²) in [7, 11) is 0. The van der Waals surface area contributed by atoms with Crippen LogP contribution in [0.3, 0.4) is 0 Å². The molecule has 1 N–H and O–H groups in total. The van der Waals surface area contributed by atoms with E-state index >= 15 is 0 Å². The summed E-state index contributed by atoms with van der Waals surface area (Å²) in [6.07, 6.45) is 0. The molecule has 0 fully saturated rings. The molecule has 5 heteroatoms. The first-order valence-corrected chi connectivity index (χ1v) is 10.3. The fraction of sp³-hybridized carbons (Fsp3) is 0. The predicted molar refractivity (Wildman–Crippen MR) is 90.0 cm³/mol. The van der Waals surface area contributed by atoms with Gasteiger partial charge in [-0.1, -0.05) is 0 Å². The second kappa shape index (κ2) is 5.45. The number of fused-ring (bicyclic) bond motifs is 2. The van der Waals surface area contributed by atoms with Crippen LogP contribution in [-0.4, -0.2) is 40.5 Å². The minimum atomic E-state index is -0.865. The Labute approximate surface area is 140 Å². The molecule has 108 valence electrons. The summed E-state index contributed by atoms with van der Waals surface area (Å²) in [6, 6.07) is 18.1. The van der Waals surface area contributed by atoms with E-state index < -0.39 is 5.97 Å². The van der Waals surface area contributed by atoms with Gasteiger partial charge in [-0.3, -0.25) is 0 Å². The second-order valence-corrected chi connectivity index (χ2v) is 9.03. The van der Waals surface area contributed by atoms with Gasteiger partial charge in [-0.2, -0.15) is 0 Å². The molecule has 0 aliphatic carbocycles. The first-order chi connectivity index (χ1) is 10.8. The molecule has 0 atom stereocenters. The van der Waals surface area contributed by atoms with Gasteiger partial charge in [0.1, 0.15) is 0 Å². The molecule has 0 spiro atoms. The van der Waals surface area contributed by atoms with E-state index in [1.807, 2.05) is 12.1 Å². The summed E-state index contributed by atoms with van der Waals surface area (Å²) >= 11 is 0.369. The van der Waals surface area contributed by atoms with Crippen molar-refractivity contribution >= 4 is 60.3 Å². The molecule has 2 heterocycles. The molecular weight excluding hydrogens is 408 g/mol. The maximum atomic E-state index is 11.7. The van der Waals surface area contributed by atoms with E-state index in [9.17, 15) is 9.90 Å². The van der Waals surface area contributed by atoms with E-state index in [4.69, 9.17) is 0 Å². The Morgan fingerprint density at radius 3 is 2.55 bits per heavy atom. The third kappa shape index (κ3) is 2.14. The molecule has 0 amide bonds. The van der Waals surface area contributed by atoms with Gasteiger partial charge in [-0.05, 0) is 0 Å². The van der Waals surface area contributed by atoms with Gasteiger partial charge in [-0.25, -0.2) is 0 Å². The van der Waals surface area contributed by atoms with Crippen LogP contribution < -0.4 is 13.8 Å². The summed E-state index contributed by atoms with van der Waals surface area (Å²) in [4.78, 5) is 16.0. The SMILES string of the molecule is O=C(O)c1cccc2c1N(c1ccc[se]1)c1ccccc1[Se]2. The van der Waals surface area contributed by atoms with Gasteiger partial charge in [0.25, 0.3) is 0 Å². The van der Waals surface area contributed by atoms with Crippen LogP contribution in [0, 0.1) is 0 Å². The van der Waals surface area contributed by atoms with Gasteiger partial charge in [0.05, 0.1) is 0 Å². The molecule has 0 bridgehead atoms. The van der Waals surface area contributed by atoms with Crippen LogP contribution in [0.4, 0.5) is 15.9 Å². The van der Waals surface area contributed by atoms with Crippen LogP contribution in [0.5, 0.6) is 0 Å². The molecule has 0 radical (unpaired) electrons. The van der Waals surface area contributed by atoms with Crippen molar-refractivity contribution in [1.29, 1.82) is 0 Å². The summed E-state index contributed by atoms with van der Waals surface area (Å²) in [5.41, 5.74) is 2.36. The number of benzene rings is 2. The van der Waals surface area contributed by atoms with Crippen molar-refractivity contribution in [2.24, 2.45) is 0 Å². The topological polar surface area (TPSA) is 40.5 Å². The van der Waals surface area contributed by atoms with Crippen LogP contribution >= 0.6 is 0 Å². The number of aromatic carboxylic acids is 1. The summed E-state index contributed by atoms with van der Waals surface area (Å²) < 4.78 is 3.62. The second-order valence-electron chi connectivity index (χ2n) is 4.81. The Morgan fingerprint density at radius 2 is 1.77 bits per heavy atom. The molecule has 3 nitrogen and oxygen atoms in total. The zero-order valence-corrected chi connectivity index (χ0v) is 14.8. The van der Waals surface area contributed by atoms with E-state index in [0.717, 1.165) is 15.8 Å².